The Bertz CT molecular complexity index is 388. The number of hydrogen-bond acceptors (Lipinski definition) is 3. The van der Waals surface area contributed by atoms with Crippen molar-refractivity contribution >= 4 is 0 Å². The molecule has 1 aliphatic rings. The third-order valence-electron chi connectivity index (χ3n) is 4.13. The van der Waals surface area contributed by atoms with Crippen LogP contribution in [-0.2, 0) is 4.74 Å². The van der Waals surface area contributed by atoms with Crippen molar-refractivity contribution < 1.29 is 4.74 Å². The molecule has 2 unspecified atom stereocenters. The van der Waals surface area contributed by atoms with Crippen LogP contribution in [0.2, 0.25) is 0 Å². The predicted octanol–water partition coefficient (Wildman–Crippen LogP) is 2.99. The van der Waals surface area contributed by atoms with Crippen molar-refractivity contribution in [3.05, 3.63) is 29.6 Å². The first-order chi connectivity index (χ1) is 9.16. The molecule has 0 N–H and O–H groups in total. The molecular weight excluding hydrogens is 236 g/mol. The van der Waals surface area contributed by atoms with E-state index in [9.17, 15) is 0 Å². The molecule has 0 aliphatic carbocycles. The summed E-state index contributed by atoms with van der Waals surface area (Å²) in [5.74, 6) is 0.545. The van der Waals surface area contributed by atoms with E-state index in [4.69, 9.17) is 4.74 Å². The topological polar surface area (TPSA) is 25.4 Å². The molecule has 2 heterocycles. The Balaban J connectivity index is 1.80. The summed E-state index contributed by atoms with van der Waals surface area (Å²) < 4.78 is 5.41. The molecule has 1 saturated heterocycles. The molecule has 0 aromatic carbocycles. The van der Waals surface area contributed by atoms with Crippen LogP contribution in [0.15, 0.2) is 18.3 Å². The summed E-state index contributed by atoms with van der Waals surface area (Å²) in [6.45, 7) is 10.7. The van der Waals surface area contributed by atoms with Crippen LogP contribution in [0.25, 0.3) is 0 Å². The number of ether oxygens (including phenoxy) is 1. The molecule has 0 saturated carbocycles. The van der Waals surface area contributed by atoms with Crippen molar-refractivity contribution in [3.63, 3.8) is 0 Å². The minimum absolute atomic E-state index is 0.545. The Kier molecular flexibility index (Phi) is 5.34. The van der Waals surface area contributed by atoms with Crippen LogP contribution in [0.3, 0.4) is 0 Å². The molecule has 106 valence electrons. The van der Waals surface area contributed by atoms with Gasteiger partial charge in [0.15, 0.2) is 0 Å². The molecular formula is C16H26N2O. The summed E-state index contributed by atoms with van der Waals surface area (Å²) in [5.41, 5.74) is 2.53. The van der Waals surface area contributed by atoms with Crippen LogP contribution < -0.4 is 0 Å². The number of hydrogen-bond donors (Lipinski definition) is 0. The Hall–Kier alpha value is -0.930. The highest BCUT2D eigenvalue weighted by Gasteiger charge is 2.18. The van der Waals surface area contributed by atoms with E-state index in [1.54, 1.807) is 0 Å². The number of aryl methyl sites for hydroxylation is 1. The van der Waals surface area contributed by atoms with E-state index in [1.807, 2.05) is 6.20 Å². The van der Waals surface area contributed by atoms with Gasteiger partial charge < -0.3 is 4.74 Å². The van der Waals surface area contributed by atoms with Gasteiger partial charge in [0.1, 0.15) is 0 Å². The lowest BCUT2D eigenvalue weighted by Gasteiger charge is -2.32. The molecule has 19 heavy (non-hydrogen) atoms. The van der Waals surface area contributed by atoms with Crippen molar-refractivity contribution in [3.8, 4) is 0 Å². The van der Waals surface area contributed by atoms with Crippen LogP contribution in [0.4, 0.5) is 0 Å². The van der Waals surface area contributed by atoms with Gasteiger partial charge in [-0.15, -0.1) is 0 Å². The second-order valence-corrected chi connectivity index (χ2v) is 5.73. The molecule has 0 spiro atoms. The van der Waals surface area contributed by atoms with Crippen LogP contribution in [0, 0.1) is 6.92 Å². The van der Waals surface area contributed by atoms with E-state index < -0.39 is 0 Å². The lowest BCUT2D eigenvalue weighted by atomic mass is 9.97. The van der Waals surface area contributed by atoms with Crippen LogP contribution in [-0.4, -0.2) is 42.2 Å². The molecule has 1 aromatic heterocycles. The second kappa shape index (κ2) is 7.01. The maximum atomic E-state index is 5.41. The average Bonchev–Trinajstić information content (AvgIpc) is 2.45. The normalized spacial score (nSPS) is 20.2. The first-order valence-electron chi connectivity index (χ1n) is 7.41. The molecule has 3 nitrogen and oxygen atoms in total. The smallest absolute Gasteiger partial charge is 0.0594 e. The highest BCUT2D eigenvalue weighted by Crippen LogP contribution is 2.21. The van der Waals surface area contributed by atoms with Crippen LogP contribution in [0.1, 0.15) is 43.9 Å². The van der Waals surface area contributed by atoms with Gasteiger partial charge in [-0.25, -0.2) is 0 Å². The van der Waals surface area contributed by atoms with Crippen molar-refractivity contribution in [2.45, 2.75) is 45.6 Å². The van der Waals surface area contributed by atoms with Gasteiger partial charge in [0, 0.05) is 31.0 Å². The molecule has 0 amide bonds. The maximum Gasteiger partial charge on any atom is 0.0594 e. The Morgan fingerprint density at radius 3 is 2.68 bits per heavy atom. The first-order valence-corrected chi connectivity index (χ1v) is 7.41. The van der Waals surface area contributed by atoms with E-state index in [-0.39, 0.29) is 0 Å². The summed E-state index contributed by atoms with van der Waals surface area (Å²) in [6.07, 6.45) is 4.36. The summed E-state index contributed by atoms with van der Waals surface area (Å²) in [7, 11) is 0. The molecule has 3 heteroatoms. The van der Waals surface area contributed by atoms with Gasteiger partial charge in [-0.05, 0) is 50.3 Å². The van der Waals surface area contributed by atoms with Gasteiger partial charge >= 0.3 is 0 Å². The fraction of sp³-hybridized carbons (Fsp3) is 0.688. The van der Waals surface area contributed by atoms with Gasteiger partial charge in [0.05, 0.1) is 13.2 Å². The summed E-state index contributed by atoms with van der Waals surface area (Å²) >= 11 is 0. The largest absolute Gasteiger partial charge is 0.379 e. The van der Waals surface area contributed by atoms with E-state index in [0.717, 1.165) is 26.3 Å². The second-order valence-electron chi connectivity index (χ2n) is 5.73. The zero-order valence-electron chi connectivity index (χ0n) is 12.4. The third-order valence-corrected chi connectivity index (χ3v) is 4.13. The third kappa shape index (κ3) is 4.29. The van der Waals surface area contributed by atoms with E-state index in [0.29, 0.717) is 12.0 Å². The van der Waals surface area contributed by atoms with E-state index in [1.165, 1.54) is 24.1 Å². The SMILES string of the molecule is Cc1ccnc(C(C)CCC(C)N2CCOCC2)c1. The van der Waals surface area contributed by atoms with E-state index >= 15 is 0 Å². The standard InChI is InChI=1S/C16H26N2O/c1-13-6-7-17-16(12-13)14(2)4-5-15(3)18-8-10-19-11-9-18/h6-7,12,14-15H,4-5,8-11H2,1-3H3. The van der Waals surface area contributed by atoms with Gasteiger partial charge in [-0.3, -0.25) is 9.88 Å². The molecule has 1 aliphatic heterocycles. The van der Waals surface area contributed by atoms with Crippen molar-refractivity contribution in [2.75, 3.05) is 26.3 Å². The van der Waals surface area contributed by atoms with Crippen molar-refractivity contribution in [1.29, 1.82) is 0 Å². The monoisotopic (exact) mass is 262 g/mol. The van der Waals surface area contributed by atoms with Crippen molar-refractivity contribution in [2.24, 2.45) is 0 Å². The van der Waals surface area contributed by atoms with Gasteiger partial charge in [0.25, 0.3) is 0 Å². The number of aromatic nitrogens is 1. The zero-order chi connectivity index (χ0) is 13.7. The highest BCUT2D eigenvalue weighted by atomic mass is 16.5. The van der Waals surface area contributed by atoms with Gasteiger partial charge in [-0.2, -0.15) is 0 Å². The molecule has 2 rings (SSSR count). The quantitative estimate of drug-likeness (QED) is 0.815. The zero-order valence-corrected chi connectivity index (χ0v) is 12.4. The molecule has 1 fully saturated rings. The maximum absolute atomic E-state index is 5.41. The fourth-order valence-electron chi connectivity index (χ4n) is 2.67. The fourth-order valence-corrected chi connectivity index (χ4v) is 2.67. The number of rotatable bonds is 5. The summed E-state index contributed by atoms with van der Waals surface area (Å²) in [4.78, 5) is 7.04. The van der Waals surface area contributed by atoms with Gasteiger partial charge in [0.2, 0.25) is 0 Å². The Morgan fingerprint density at radius 2 is 2.00 bits per heavy atom. The number of morpholine rings is 1. The summed E-state index contributed by atoms with van der Waals surface area (Å²) in [6, 6.07) is 4.92. The molecule has 0 bridgehead atoms. The van der Waals surface area contributed by atoms with Gasteiger partial charge in [-0.1, -0.05) is 6.92 Å². The lowest BCUT2D eigenvalue weighted by Crippen LogP contribution is -2.42. The van der Waals surface area contributed by atoms with Crippen molar-refractivity contribution in [1.82, 2.24) is 9.88 Å². The predicted molar refractivity (Wildman–Crippen MR) is 78.5 cm³/mol. The van der Waals surface area contributed by atoms with Crippen LogP contribution in [0.5, 0.6) is 0 Å². The Morgan fingerprint density at radius 1 is 1.26 bits per heavy atom. The highest BCUT2D eigenvalue weighted by molar-refractivity contribution is 5.17. The number of pyridine rings is 1. The molecule has 0 radical (unpaired) electrons. The number of nitrogens with zero attached hydrogens (tertiary/aromatic N) is 2. The van der Waals surface area contributed by atoms with E-state index in [2.05, 4.69) is 42.8 Å². The minimum Gasteiger partial charge on any atom is -0.379 e. The molecule has 2 atom stereocenters. The Labute approximate surface area is 117 Å². The summed E-state index contributed by atoms with van der Waals surface area (Å²) in [5, 5.41) is 0. The minimum atomic E-state index is 0.545. The molecule has 1 aromatic rings. The first kappa shape index (κ1) is 14.5. The average molecular weight is 262 g/mol. The van der Waals surface area contributed by atoms with Crippen LogP contribution >= 0.6 is 0 Å². The lowest BCUT2D eigenvalue weighted by molar-refractivity contribution is 0.0180.